The minimum absolute atomic E-state index is 0. The van der Waals surface area contributed by atoms with Crippen LogP contribution in [0.4, 0.5) is 0 Å². The first-order valence-electron chi connectivity index (χ1n) is 2.52. The molecule has 1 aromatic rings. The smallest absolute Gasteiger partial charge is 1.00 e. The van der Waals surface area contributed by atoms with E-state index >= 15 is 0 Å². The van der Waals surface area contributed by atoms with Gasteiger partial charge in [0.1, 0.15) is 5.75 Å². The van der Waals surface area contributed by atoms with E-state index in [2.05, 4.69) is 0 Å². The van der Waals surface area contributed by atoms with Gasteiger partial charge in [0.05, 0.1) is 7.11 Å². The van der Waals surface area contributed by atoms with E-state index in [9.17, 15) is 0 Å². The molecule has 0 aliphatic heterocycles. The second-order valence-corrected chi connectivity index (χ2v) is 1.52. The average molecular weight is 168 g/mol. The van der Waals surface area contributed by atoms with Crippen molar-refractivity contribution in [3.05, 3.63) is 30.3 Å². The van der Waals surface area contributed by atoms with Gasteiger partial charge in [-0.15, -0.1) is 0 Å². The molecular weight excluding hydrogens is 160 g/mol. The first-order valence-corrected chi connectivity index (χ1v) is 2.52. The monoisotopic (exact) mass is 167 g/mol. The van der Waals surface area contributed by atoms with Crippen molar-refractivity contribution >= 4 is 23.1 Å². The molecule has 0 N–H and O–H groups in total. The third kappa shape index (κ3) is 3.98. The van der Waals surface area contributed by atoms with Crippen LogP contribution in [0.25, 0.3) is 0 Å². The normalized spacial score (nSPS) is 6.90. The van der Waals surface area contributed by atoms with Crippen LogP contribution in [0.5, 0.6) is 5.75 Å². The van der Waals surface area contributed by atoms with Crippen molar-refractivity contribution in [2.45, 2.75) is 0 Å². The maximum Gasteiger partial charge on any atom is 2.00 e. The number of ether oxygens (including phenoxy) is 1. The van der Waals surface area contributed by atoms with Crippen molar-refractivity contribution < 1.29 is 17.1 Å². The fourth-order valence-electron chi connectivity index (χ4n) is 0.557. The first kappa shape index (κ1) is 12.7. The fraction of sp³-hybridized carbons (Fsp3) is 0.143. The fourth-order valence-corrected chi connectivity index (χ4v) is 0.557. The van der Waals surface area contributed by atoms with Gasteiger partial charge in [-0.1, -0.05) is 18.2 Å². The maximum absolute atomic E-state index is 4.91. The zero-order valence-electron chi connectivity index (χ0n) is 5.88. The Hall–Kier alpha value is 0.0762. The predicted octanol–water partition coefficient (Wildman–Crippen LogP) is -1.68. The van der Waals surface area contributed by atoms with E-state index in [4.69, 9.17) is 4.74 Å². The van der Waals surface area contributed by atoms with Crippen molar-refractivity contribution in [3.63, 3.8) is 0 Å². The molecule has 3 heteroatoms. The molecule has 0 fully saturated rings. The van der Waals surface area contributed by atoms with Gasteiger partial charge >= 0.3 is 23.1 Å². The summed E-state index contributed by atoms with van der Waals surface area (Å²) in [6.45, 7) is 0. The summed E-state index contributed by atoms with van der Waals surface area (Å²) in [6, 6.07) is 9.68. The van der Waals surface area contributed by atoms with E-state index in [1.807, 2.05) is 30.3 Å². The van der Waals surface area contributed by atoms with E-state index < -0.39 is 0 Å². The summed E-state index contributed by atoms with van der Waals surface area (Å²) in [7, 11) is 1.66. The average Bonchev–Trinajstić information content (AvgIpc) is 1.90. The van der Waals surface area contributed by atoms with E-state index in [-0.39, 0.29) is 35.5 Å². The Kier molecular flexibility index (Phi) is 9.15. The number of halogens is 1. The number of benzene rings is 1. The van der Waals surface area contributed by atoms with Crippen LogP contribution in [0.3, 0.4) is 0 Å². The molecule has 0 radical (unpaired) electrons. The molecule has 0 heterocycles. The van der Waals surface area contributed by atoms with E-state index in [0.717, 1.165) is 5.75 Å². The molecule has 10 heavy (non-hydrogen) atoms. The molecule has 0 bridgehead atoms. The molecule has 1 nitrogen and oxygen atoms in total. The molecular formula is C7H8ClMgO+. The summed E-state index contributed by atoms with van der Waals surface area (Å²) in [5, 5.41) is 0. The minimum atomic E-state index is 0. The van der Waals surface area contributed by atoms with Crippen LogP contribution >= 0.6 is 0 Å². The molecule has 0 unspecified atom stereocenters. The molecule has 0 spiro atoms. The summed E-state index contributed by atoms with van der Waals surface area (Å²) in [5.74, 6) is 0.910. The van der Waals surface area contributed by atoms with Crippen molar-refractivity contribution in [2.75, 3.05) is 7.11 Å². The number of hydrogen-bond donors (Lipinski definition) is 0. The summed E-state index contributed by atoms with van der Waals surface area (Å²) in [6.07, 6.45) is 0. The number of hydrogen-bond acceptors (Lipinski definition) is 1. The summed E-state index contributed by atoms with van der Waals surface area (Å²) < 4.78 is 4.91. The third-order valence-electron chi connectivity index (χ3n) is 0.979. The van der Waals surface area contributed by atoms with E-state index in [0.29, 0.717) is 0 Å². The van der Waals surface area contributed by atoms with Gasteiger partial charge in [0.25, 0.3) is 0 Å². The molecule has 0 aromatic heterocycles. The zero-order valence-corrected chi connectivity index (χ0v) is 8.05. The van der Waals surface area contributed by atoms with Crippen molar-refractivity contribution in [1.82, 2.24) is 0 Å². The molecule has 0 aliphatic rings. The first-order chi connectivity index (χ1) is 3.93. The van der Waals surface area contributed by atoms with Crippen molar-refractivity contribution in [2.24, 2.45) is 0 Å². The van der Waals surface area contributed by atoms with Crippen LogP contribution in [0.2, 0.25) is 0 Å². The largest absolute Gasteiger partial charge is 2.00 e. The van der Waals surface area contributed by atoms with Gasteiger partial charge < -0.3 is 17.1 Å². The second kappa shape index (κ2) is 7.19. The molecule has 1 rings (SSSR count). The molecule has 0 saturated carbocycles. The Morgan fingerprint density at radius 3 is 1.90 bits per heavy atom. The van der Waals surface area contributed by atoms with Crippen LogP contribution in [0.15, 0.2) is 30.3 Å². The Morgan fingerprint density at radius 2 is 1.60 bits per heavy atom. The molecule has 0 atom stereocenters. The number of para-hydroxylation sites is 1. The molecule has 1 aromatic carbocycles. The standard InChI is InChI=1S/C7H8O.ClH.Mg/c1-8-7-5-3-2-4-6-7;;/h2-6H,1H3;1H;/q;;+2/p-1. The second-order valence-electron chi connectivity index (χ2n) is 1.52. The number of methoxy groups -OCH3 is 1. The van der Waals surface area contributed by atoms with E-state index in [1.165, 1.54) is 0 Å². The van der Waals surface area contributed by atoms with Crippen molar-refractivity contribution in [3.8, 4) is 5.75 Å². The minimum Gasteiger partial charge on any atom is -1.00 e. The van der Waals surface area contributed by atoms with Crippen molar-refractivity contribution in [1.29, 1.82) is 0 Å². The van der Waals surface area contributed by atoms with Gasteiger partial charge in [0.2, 0.25) is 0 Å². The Balaban J connectivity index is 0. The predicted molar refractivity (Wildman–Crippen MR) is 38.7 cm³/mol. The van der Waals surface area contributed by atoms with Crippen LogP contribution in [-0.2, 0) is 0 Å². The maximum atomic E-state index is 4.91. The van der Waals surface area contributed by atoms with Crippen LogP contribution in [0.1, 0.15) is 0 Å². The van der Waals surface area contributed by atoms with Gasteiger partial charge in [0.15, 0.2) is 0 Å². The van der Waals surface area contributed by atoms with Gasteiger partial charge in [-0.2, -0.15) is 0 Å². The Labute approximate surface area is 83.3 Å². The molecule has 0 saturated heterocycles. The van der Waals surface area contributed by atoms with Crippen LogP contribution in [-0.4, -0.2) is 30.2 Å². The van der Waals surface area contributed by atoms with Crippen LogP contribution < -0.4 is 17.1 Å². The van der Waals surface area contributed by atoms with Gasteiger partial charge in [-0.05, 0) is 12.1 Å². The van der Waals surface area contributed by atoms with Gasteiger partial charge in [-0.3, -0.25) is 0 Å². The van der Waals surface area contributed by atoms with Gasteiger partial charge in [-0.25, -0.2) is 0 Å². The number of rotatable bonds is 1. The summed E-state index contributed by atoms with van der Waals surface area (Å²) >= 11 is 0. The quantitative estimate of drug-likeness (QED) is 0.455. The Bertz CT molecular complexity index is 155. The summed E-state index contributed by atoms with van der Waals surface area (Å²) in [5.41, 5.74) is 0. The molecule has 0 aliphatic carbocycles. The molecule has 0 amide bonds. The zero-order chi connectivity index (χ0) is 5.82. The Morgan fingerprint density at radius 1 is 1.10 bits per heavy atom. The molecule has 50 valence electrons. The SMILES string of the molecule is COc1ccccc1.[Cl-].[Mg+2]. The third-order valence-corrected chi connectivity index (χ3v) is 0.979. The topological polar surface area (TPSA) is 9.23 Å². The van der Waals surface area contributed by atoms with E-state index in [1.54, 1.807) is 7.11 Å². The van der Waals surface area contributed by atoms with Crippen LogP contribution in [0, 0.1) is 0 Å². The summed E-state index contributed by atoms with van der Waals surface area (Å²) in [4.78, 5) is 0. The van der Waals surface area contributed by atoms with Gasteiger partial charge in [0, 0.05) is 0 Å².